The minimum absolute atomic E-state index is 0.00698. The topological polar surface area (TPSA) is 582 Å². The van der Waals surface area contributed by atoms with Gasteiger partial charge in [-0.3, -0.25) is 96.3 Å². The van der Waals surface area contributed by atoms with Gasteiger partial charge in [-0.1, -0.05) is 60.7 Å². The molecule has 0 bridgehead atoms. The highest BCUT2D eigenvalue weighted by Crippen LogP contribution is 2.30. The second kappa shape index (κ2) is 47.6. The molecule has 125 heavy (non-hydrogen) atoms. The molecule has 42 heteroatoms. The number of carbonyl (C=O) groups excluding carboxylic acids is 9. The Labute approximate surface area is 717 Å². The second-order valence-corrected chi connectivity index (χ2v) is 30.5. The van der Waals surface area contributed by atoms with Crippen molar-refractivity contribution in [1.29, 1.82) is 0 Å². The maximum Gasteiger partial charge on any atom is 0.317 e. The smallest absolute Gasteiger partial charge is 0.317 e. The predicted molar refractivity (Wildman–Crippen MR) is 443 cm³/mol. The molecular formula is C83H105N19O23. The first-order chi connectivity index (χ1) is 59.9. The van der Waals surface area contributed by atoms with E-state index in [1.165, 1.54) is 29.4 Å². The van der Waals surface area contributed by atoms with Crippen LogP contribution in [0.2, 0.25) is 0 Å². The Morgan fingerprint density at radius 2 is 0.784 bits per heavy atom. The lowest BCUT2D eigenvalue weighted by atomic mass is 10.1. The number of benzene rings is 4. The molecule has 0 aliphatic carbocycles. The van der Waals surface area contributed by atoms with Gasteiger partial charge < -0.3 is 103 Å². The van der Waals surface area contributed by atoms with Gasteiger partial charge in [0.15, 0.2) is 0 Å². The average molecular weight is 1740 g/mol. The lowest BCUT2D eigenvalue weighted by Crippen LogP contribution is -2.56. The van der Waals surface area contributed by atoms with Crippen LogP contribution in [0.25, 0.3) is 0 Å². The fourth-order valence-corrected chi connectivity index (χ4v) is 14.6. The van der Waals surface area contributed by atoms with Gasteiger partial charge in [0.05, 0.1) is 52.1 Å². The van der Waals surface area contributed by atoms with Crippen molar-refractivity contribution in [2.45, 2.75) is 134 Å². The summed E-state index contributed by atoms with van der Waals surface area (Å²) in [7, 11) is 0. The first kappa shape index (κ1) is 95.1. The SMILES string of the molecule is O=C(O)CCC(NC(=O)CCC(NC(=O)CN1CCN(CC(=O)O)CCN(CC(=O)O)CCN(CC(=O)O)CC1)C(=O)NC(CCC(=O)O)C(=O)NCCCN1Cc2cc(C(=O)N(Cc3ccccc3)Cc3ncc[nH]3)ccc2NC(CC(=O)O)C1=O)C(=O)NCCCN1Cc2cc(C(=O)N(Cc3ccccc3)Cc3ncc[nH]3)ccc2NC(CC(=O)O)C1=O. The van der Waals surface area contributed by atoms with E-state index in [0.29, 0.717) is 34.2 Å². The highest BCUT2D eigenvalue weighted by molar-refractivity contribution is 5.98. The molecule has 6 aromatic rings. The fraction of sp³-hybridized carbons (Fsp3) is 0.446. The van der Waals surface area contributed by atoms with Crippen LogP contribution in [0.1, 0.15) is 119 Å². The summed E-state index contributed by atoms with van der Waals surface area (Å²) >= 11 is 0. The van der Waals surface area contributed by atoms with Crippen molar-refractivity contribution in [3.8, 4) is 0 Å². The number of aromatic amines is 2. The molecule has 5 heterocycles. The zero-order valence-electron chi connectivity index (χ0n) is 68.7. The van der Waals surface area contributed by atoms with Gasteiger partial charge in [-0.25, -0.2) is 9.97 Å². The standard InChI is InChI=1S/C83H105N19O23/c103-68(92-61(18-21-70(105)106)77(119)88-23-7-29-99-45-57-39-55(13-15-59(57)90-64(82(99)124)41-72(109)110)80(122)101(47-66-84-25-26-85-66)43-53-9-3-1-4-10-53)20-17-63(93-69(104)49-95-31-33-96(50-74(113)114)35-37-98(52-76(117)118)38-36-97(34-32-95)51-75(115)116)79(121)94-62(19-22-71(107)108)78(120)89-24-8-30-100-46-58-40-56(14-16-60(58)91-65(83(100)125)42-73(111)112)81(123)102(48-67-86-27-28-87-67)44-54-11-5-2-6-12-54/h1-6,9-16,25-28,39-40,61-65,90-91H,7-8,17-24,29-38,41-52H2,(H,84,85)(H,86,87)(H,88,119)(H,89,120)(H,92,103)(H,93,104)(H,94,121)(H,105,106)(H,107,108)(H,109,110)(H,111,112)(H,113,114)(H,115,116)(H,117,118). The third-order valence-corrected chi connectivity index (χ3v) is 20.9. The molecule has 9 amide bonds. The minimum Gasteiger partial charge on any atom is -0.481 e. The third kappa shape index (κ3) is 31.3. The molecule has 0 saturated carbocycles. The number of nitrogens with one attached hydrogen (secondary N) is 9. The van der Waals surface area contributed by atoms with Gasteiger partial charge in [0, 0.05) is 171 Å². The number of hydrogen-bond acceptors (Lipinski definition) is 24. The second-order valence-electron chi connectivity index (χ2n) is 30.5. The molecule has 3 aliphatic rings. The first-order valence-electron chi connectivity index (χ1n) is 40.7. The molecule has 16 N–H and O–H groups in total. The molecule has 5 unspecified atom stereocenters. The van der Waals surface area contributed by atoms with Crippen molar-refractivity contribution in [3.05, 3.63) is 167 Å². The van der Waals surface area contributed by atoms with Gasteiger partial charge in [-0.2, -0.15) is 0 Å². The number of carboxylic acids is 7. The highest BCUT2D eigenvalue weighted by Gasteiger charge is 2.36. The van der Waals surface area contributed by atoms with E-state index < -0.39 is 197 Å². The largest absolute Gasteiger partial charge is 0.481 e. The summed E-state index contributed by atoms with van der Waals surface area (Å²) in [6.45, 7) is -2.41. The minimum atomic E-state index is -1.80. The number of aliphatic carboxylic acids is 7. The first-order valence-corrected chi connectivity index (χ1v) is 40.7. The van der Waals surface area contributed by atoms with Gasteiger partial charge >= 0.3 is 41.8 Å². The van der Waals surface area contributed by atoms with Crippen molar-refractivity contribution in [3.63, 3.8) is 0 Å². The number of H-pyrrole nitrogens is 2. The normalized spacial score (nSPS) is 16.2. The summed E-state index contributed by atoms with van der Waals surface area (Å²) in [6, 6.07) is 20.3. The Morgan fingerprint density at radius 3 is 1.15 bits per heavy atom. The monoisotopic (exact) mass is 1740 g/mol. The van der Waals surface area contributed by atoms with Crippen molar-refractivity contribution in [2.24, 2.45) is 0 Å². The van der Waals surface area contributed by atoms with E-state index in [2.05, 4.69) is 57.2 Å². The Balaban J connectivity index is 0.900. The summed E-state index contributed by atoms with van der Waals surface area (Å²) in [5, 5.41) is 87.9. The van der Waals surface area contributed by atoms with Crippen molar-refractivity contribution in [1.82, 2.24) is 85.7 Å². The number of amides is 9. The van der Waals surface area contributed by atoms with Crippen LogP contribution in [0, 0.1) is 0 Å². The van der Waals surface area contributed by atoms with Crippen LogP contribution >= 0.6 is 0 Å². The van der Waals surface area contributed by atoms with Gasteiger partial charge in [0.2, 0.25) is 41.4 Å². The molecule has 9 rings (SSSR count). The number of anilines is 2. The summed E-state index contributed by atoms with van der Waals surface area (Å²) in [6.07, 6.45) is 1.25. The Kier molecular flexibility index (Phi) is 36.2. The van der Waals surface area contributed by atoms with Crippen LogP contribution < -0.4 is 37.2 Å². The van der Waals surface area contributed by atoms with Crippen LogP contribution in [-0.4, -0.2) is 325 Å². The molecule has 0 spiro atoms. The molecule has 1 saturated heterocycles. The summed E-state index contributed by atoms with van der Waals surface area (Å²) in [4.78, 5) is 241. The van der Waals surface area contributed by atoms with Crippen LogP contribution in [0.5, 0.6) is 0 Å². The van der Waals surface area contributed by atoms with Crippen LogP contribution in [0.3, 0.4) is 0 Å². The highest BCUT2D eigenvalue weighted by atomic mass is 16.4. The number of imidazole rings is 2. The van der Waals surface area contributed by atoms with E-state index in [9.17, 15) is 112 Å². The number of aromatic nitrogens is 4. The zero-order valence-corrected chi connectivity index (χ0v) is 68.7. The van der Waals surface area contributed by atoms with E-state index in [1.807, 2.05) is 60.7 Å². The maximum absolute atomic E-state index is 14.9. The Bertz CT molecular complexity index is 4720. The Hall–Kier alpha value is -13.7. The van der Waals surface area contributed by atoms with Gasteiger partial charge in [-0.15, -0.1) is 0 Å². The average Bonchev–Trinajstić information content (AvgIpc) is 1.71. The number of carboxylic acid groups (broad SMARTS) is 7. The molecule has 1 fully saturated rings. The van der Waals surface area contributed by atoms with Crippen LogP contribution in [0.4, 0.5) is 11.4 Å². The lowest BCUT2D eigenvalue weighted by Gasteiger charge is -2.33. The molecule has 670 valence electrons. The quantitative estimate of drug-likeness (QED) is 0.0227. The lowest BCUT2D eigenvalue weighted by molar-refractivity contribution is -0.141. The zero-order chi connectivity index (χ0) is 90.1. The Morgan fingerprint density at radius 1 is 0.416 bits per heavy atom. The molecule has 5 atom stereocenters. The van der Waals surface area contributed by atoms with E-state index >= 15 is 0 Å². The van der Waals surface area contributed by atoms with Crippen molar-refractivity contribution < 1.29 is 112 Å². The third-order valence-electron chi connectivity index (χ3n) is 20.9. The number of nitrogens with zero attached hydrogens (tertiary/aromatic N) is 10. The van der Waals surface area contributed by atoms with Crippen LogP contribution in [0.15, 0.2) is 122 Å². The van der Waals surface area contributed by atoms with Gasteiger partial charge in [0.25, 0.3) is 11.8 Å². The molecule has 3 aliphatic heterocycles. The molecule has 0 radical (unpaired) electrons. The number of rotatable bonds is 45. The van der Waals surface area contributed by atoms with Crippen molar-refractivity contribution in [2.75, 3.05) is 115 Å². The number of fused-ring (bicyclic) bond motifs is 2. The molecule has 2 aromatic heterocycles. The number of hydrogen-bond donors (Lipinski definition) is 16. The van der Waals surface area contributed by atoms with E-state index in [0.717, 1.165) is 11.1 Å². The van der Waals surface area contributed by atoms with E-state index in [-0.39, 0.29) is 148 Å². The molecule has 42 nitrogen and oxygen atoms in total. The van der Waals surface area contributed by atoms with E-state index in [4.69, 9.17) is 0 Å². The van der Waals surface area contributed by atoms with Crippen molar-refractivity contribution >= 4 is 106 Å². The van der Waals surface area contributed by atoms with E-state index in [1.54, 1.807) is 71.0 Å². The number of carbonyl (C=O) groups is 16. The molecular weight excluding hydrogens is 1630 g/mol. The van der Waals surface area contributed by atoms with Gasteiger partial charge in [-0.05, 0) is 90.8 Å². The summed E-state index contributed by atoms with van der Waals surface area (Å²) < 4.78 is 0. The summed E-state index contributed by atoms with van der Waals surface area (Å²) in [5.74, 6) is -14.9. The van der Waals surface area contributed by atoms with Gasteiger partial charge in [0.1, 0.15) is 41.9 Å². The maximum atomic E-state index is 14.9. The summed E-state index contributed by atoms with van der Waals surface area (Å²) in [5.41, 5.74) is 3.80. The molecule has 4 aromatic carbocycles. The fourth-order valence-electron chi connectivity index (χ4n) is 14.6. The predicted octanol–water partition coefficient (Wildman–Crippen LogP) is 0.165. The van der Waals surface area contributed by atoms with Crippen LogP contribution in [-0.2, 0) is 106 Å².